The van der Waals surface area contributed by atoms with Crippen LogP contribution in [0.15, 0.2) is 0 Å². The molecule has 0 radical (unpaired) electrons. The summed E-state index contributed by atoms with van der Waals surface area (Å²) in [4.78, 5) is 0. The van der Waals surface area contributed by atoms with Gasteiger partial charge in [0.25, 0.3) is 0 Å². The van der Waals surface area contributed by atoms with E-state index < -0.39 is 0 Å². The van der Waals surface area contributed by atoms with Gasteiger partial charge in [-0.2, -0.15) is 0 Å². The van der Waals surface area contributed by atoms with Crippen LogP contribution in [-0.2, 0) is 0 Å². The zero-order valence-corrected chi connectivity index (χ0v) is 14.2. The van der Waals surface area contributed by atoms with Crippen molar-refractivity contribution in [1.82, 2.24) is 0 Å². The summed E-state index contributed by atoms with van der Waals surface area (Å²) in [5.74, 6) is 5.44. The number of nitrogens with two attached hydrogens (primary N) is 2. The Morgan fingerprint density at radius 1 is 0.650 bits per heavy atom. The second kappa shape index (κ2) is 6.36. The molecule has 0 spiro atoms. The van der Waals surface area contributed by atoms with Crippen molar-refractivity contribution in [2.75, 3.05) is 0 Å². The van der Waals surface area contributed by atoms with Crippen molar-refractivity contribution in [1.29, 1.82) is 0 Å². The number of rotatable bonds is 2. The minimum Gasteiger partial charge on any atom is -0.327 e. The van der Waals surface area contributed by atoms with Crippen molar-refractivity contribution in [3.05, 3.63) is 0 Å². The topological polar surface area (TPSA) is 52.0 Å². The van der Waals surface area contributed by atoms with E-state index in [4.69, 9.17) is 11.5 Å². The highest BCUT2D eigenvalue weighted by Crippen LogP contribution is 2.46. The Labute approximate surface area is 126 Å². The van der Waals surface area contributed by atoms with Crippen molar-refractivity contribution in [3.63, 3.8) is 0 Å². The molecule has 118 valence electrons. The van der Waals surface area contributed by atoms with E-state index in [1.54, 1.807) is 0 Å². The molecule has 2 rings (SSSR count). The Morgan fingerprint density at radius 3 is 1.35 bits per heavy atom. The molecule has 0 aliphatic heterocycles. The van der Waals surface area contributed by atoms with Crippen molar-refractivity contribution >= 4 is 0 Å². The lowest BCUT2D eigenvalue weighted by atomic mass is 9.59. The largest absolute Gasteiger partial charge is 0.327 e. The highest BCUT2D eigenvalue weighted by molar-refractivity contribution is 4.93. The van der Waals surface area contributed by atoms with Gasteiger partial charge in [0.15, 0.2) is 0 Å². The molecule has 2 heteroatoms. The predicted molar refractivity (Wildman–Crippen MR) is 87.2 cm³/mol. The first-order valence-electron chi connectivity index (χ1n) is 8.85. The fourth-order valence-corrected chi connectivity index (χ4v) is 5.18. The van der Waals surface area contributed by atoms with Gasteiger partial charge in [-0.15, -0.1) is 0 Å². The van der Waals surface area contributed by atoms with Gasteiger partial charge < -0.3 is 11.5 Å². The maximum atomic E-state index is 6.26. The van der Waals surface area contributed by atoms with Gasteiger partial charge in [0, 0.05) is 12.1 Å². The van der Waals surface area contributed by atoms with Crippen molar-refractivity contribution < 1.29 is 0 Å². The van der Waals surface area contributed by atoms with Crippen LogP contribution in [0.1, 0.15) is 60.3 Å². The maximum Gasteiger partial charge on any atom is 0.00672 e. The van der Waals surface area contributed by atoms with Gasteiger partial charge in [-0.3, -0.25) is 0 Å². The van der Waals surface area contributed by atoms with Crippen LogP contribution < -0.4 is 11.5 Å². The molecule has 0 aromatic carbocycles. The van der Waals surface area contributed by atoms with E-state index in [0.29, 0.717) is 23.9 Å². The van der Waals surface area contributed by atoms with Gasteiger partial charge in [0.2, 0.25) is 0 Å². The second-order valence-electron chi connectivity index (χ2n) is 8.11. The molecule has 20 heavy (non-hydrogen) atoms. The lowest BCUT2D eigenvalue weighted by Crippen LogP contribution is -2.47. The third-order valence-corrected chi connectivity index (χ3v) is 7.38. The average molecular weight is 280 g/mol. The summed E-state index contributed by atoms with van der Waals surface area (Å²) in [7, 11) is 0. The van der Waals surface area contributed by atoms with Crippen molar-refractivity contribution in [2.24, 2.45) is 52.9 Å². The Kier molecular flexibility index (Phi) is 5.18. The minimum atomic E-state index is 0.421. The lowest BCUT2D eigenvalue weighted by Gasteiger charge is -2.48. The van der Waals surface area contributed by atoms with Gasteiger partial charge >= 0.3 is 0 Å². The third kappa shape index (κ3) is 2.92. The van der Waals surface area contributed by atoms with Crippen LogP contribution in [0, 0.1) is 41.4 Å². The lowest BCUT2D eigenvalue weighted by molar-refractivity contribution is 0.0307. The Balaban J connectivity index is 2.05. The molecule has 0 aromatic heterocycles. The van der Waals surface area contributed by atoms with Crippen molar-refractivity contribution in [2.45, 2.75) is 72.4 Å². The zero-order chi connectivity index (χ0) is 15.0. The molecule has 8 atom stereocenters. The van der Waals surface area contributed by atoms with E-state index in [-0.39, 0.29) is 0 Å². The summed E-state index contributed by atoms with van der Waals surface area (Å²) in [5.41, 5.74) is 12.5. The van der Waals surface area contributed by atoms with Gasteiger partial charge in [-0.1, -0.05) is 34.6 Å². The van der Waals surface area contributed by atoms with E-state index in [2.05, 4.69) is 34.6 Å². The first-order valence-corrected chi connectivity index (χ1v) is 8.85. The van der Waals surface area contributed by atoms with E-state index in [0.717, 1.165) is 29.6 Å². The molecule has 2 nitrogen and oxygen atoms in total. The molecular weight excluding hydrogens is 244 g/mol. The Bertz CT molecular complexity index is 287. The summed E-state index contributed by atoms with van der Waals surface area (Å²) < 4.78 is 0. The van der Waals surface area contributed by atoms with E-state index in [1.807, 2.05) is 0 Å². The van der Waals surface area contributed by atoms with Crippen molar-refractivity contribution in [3.8, 4) is 0 Å². The summed E-state index contributed by atoms with van der Waals surface area (Å²) in [6.45, 7) is 12.1. The molecule has 2 saturated carbocycles. The molecule has 2 fully saturated rings. The molecule has 0 saturated heterocycles. The fourth-order valence-electron chi connectivity index (χ4n) is 5.18. The van der Waals surface area contributed by atoms with E-state index >= 15 is 0 Å². The molecule has 0 heterocycles. The molecule has 0 aromatic rings. The number of hydrogen-bond acceptors (Lipinski definition) is 2. The monoisotopic (exact) mass is 280 g/mol. The molecule has 4 N–H and O–H groups in total. The highest BCUT2D eigenvalue weighted by Gasteiger charge is 2.41. The van der Waals surface area contributed by atoms with Gasteiger partial charge in [-0.25, -0.2) is 0 Å². The molecule has 2 aliphatic carbocycles. The predicted octanol–water partition coefficient (Wildman–Crippen LogP) is 3.64. The van der Waals surface area contributed by atoms with Crippen LogP contribution >= 0.6 is 0 Å². The molecular formula is C18H36N2. The first kappa shape index (κ1) is 16.3. The Hall–Kier alpha value is -0.0800. The van der Waals surface area contributed by atoms with Gasteiger partial charge in [0.1, 0.15) is 0 Å². The van der Waals surface area contributed by atoms with Gasteiger partial charge in [0.05, 0.1) is 0 Å². The fraction of sp³-hybridized carbons (Fsp3) is 1.00. The second-order valence-corrected chi connectivity index (χ2v) is 8.11. The summed E-state index contributed by atoms with van der Waals surface area (Å²) in [6.07, 6.45) is 5.10. The summed E-state index contributed by atoms with van der Waals surface area (Å²) in [6, 6.07) is 0.842. The minimum absolute atomic E-state index is 0.421. The molecule has 0 bridgehead atoms. The highest BCUT2D eigenvalue weighted by atomic mass is 14.7. The molecule has 0 amide bonds. The normalized spacial score (nSPS) is 51.8. The maximum absolute atomic E-state index is 6.26. The smallest absolute Gasteiger partial charge is 0.00672 e. The van der Waals surface area contributed by atoms with Crippen LogP contribution in [0.3, 0.4) is 0 Å². The SMILES string of the molecule is CC1C(N)CCC(C(C)C2CCC(N)C(C)C2C)C1C. The quantitative estimate of drug-likeness (QED) is 0.811. The van der Waals surface area contributed by atoms with E-state index in [9.17, 15) is 0 Å². The molecule has 8 unspecified atom stereocenters. The zero-order valence-electron chi connectivity index (χ0n) is 14.2. The first-order chi connectivity index (χ1) is 9.34. The van der Waals surface area contributed by atoms with Crippen LogP contribution in [0.4, 0.5) is 0 Å². The third-order valence-electron chi connectivity index (χ3n) is 7.38. The standard InChI is InChI=1S/C18H36N2/c1-10-12(3)17(19)8-6-15(10)14(5)16-7-9-18(20)13(4)11(16)2/h10-18H,6-9,19-20H2,1-5H3. The average Bonchev–Trinajstić information content (AvgIpc) is 2.42. The number of hydrogen-bond donors (Lipinski definition) is 2. The van der Waals surface area contributed by atoms with Crippen LogP contribution in [0.25, 0.3) is 0 Å². The molecule has 2 aliphatic rings. The van der Waals surface area contributed by atoms with Crippen LogP contribution in [-0.4, -0.2) is 12.1 Å². The van der Waals surface area contributed by atoms with Gasteiger partial charge in [-0.05, 0) is 67.1 Å². The van der Waals surface area contributed by atoms with Crippen LogP contribution in [0.5, 0.6) is 0 Å². The summed E-state index contributed by atoms with van der Waals surface area (Å²) >= 11 is 0. The van der Waals surface area contributed by atoms with Crippen LogP contribution in [0.2, 0.25) is 0 Å². The Morgan fingerprint density at radius 2 is 1.00 bits per heavy atom. The summed E-state index contributed by atoms with van der Waals surface area (Å²) in [5, 5.41) is 0. The van der Waals surface area contributed by atoms with E-state index in [1.165, 1.54) is 25.7 Å².